The highest BCUT2D eigenvalue weighted by Gasteiger charge is 2.24. The van der Waals surface area contributed by atoms with Crippen molar-refractivity contribution in [3.8, 4) is 0 Å². The van der Waals surface area contributed by atoms with E-state index < -0.39 is 0 Å². The van der Waals surface area contributed by atoms with Crippen LogP contribution in [0, 0.1) is 11.8 Å². The zero-order valence-corrected chi connectivity index (χ0v) is 17.0. The monoisotopic (exact) mass is 362 g/mol. The number of nitrogens with two attached hydrogens (primary N) is 1. The van der Waals surface area contributed by atoms with Crippen molar-refractivity contribution in [1.82, 2.24) is 5.32 Å². The van der Waals surface area contributed by atoms with Crippen LogP contribution in [0.2, 0.25) is 0 Å². The second-order valence-electron chi connectivity index (χ2n) is 5.30. The van der Waals surface area contributed by atoms with Crippen molar-refractivity contribution >= 4 is 12.3 Å². The zero-order valence-electron chi connectivity index (χ0n) is 17.0. The maximum atomic E-state index is 11.5. The first kappa shape index (κ1) is 35.0. The van der Waals surface area contributed by atoms with Crippen molar-refractivity contribution in [1.29, 1.82) is 0 Å². The fourth-order valence-corrected chi connectivity index (χ4v) is 1.96. The molecule has 2 unspecified atom stereocenters. The average molecular weight is 363 g/mol. The Balaban J connectivity index is -0.0000000936. The molecule has 1 rings (SSSR count). The summed E-state index contributed by atoms with van der Waals surface area (Å²) in [6.45, 7) is 19.2. The molecule has 0 radical (unpaired) electrons. The average Bonchev–Trinajstić information content (AvgIpc) is 2.96. The van der Waals surface area contributed by atoms with E-state index in [4.69, 9.17) is 15.6 Å². The van der Waals surface area contributed by atoms with Gasteiger partial charge in [0.25, 0.3) is 6.47 Å². The van der Waals surface area contributed by atoms with Crippen LogP contribution in [0.1, 0.15) is 75.2 Å². The number of ketones is 1. The van der Waals surface area contributed by atoms with E-state index in [1.54, 1.807) is 6.08 Å². The van der Waals surface area contributed by atoms with E-state index >= 15 is 0 Å². The van der Waals surface area contributed by atoms with E-state index in [1.165, 1.54) is 6.42 Å². The summed E-state index contributed by atoms with van der Waals surface area (Å²) in [6, 6.07) is 0.450. The lowest BCUT2D eigenvalue weighted by molar-refractivity contribution is -0.123. The summed E-state index contributed by atoms with van der Waals surface area (Å²) in [4.78, 5) is 19.9. The maximum absolute atomic E-state index is 11.5. The SMILES string of the molecule is C.C=CCN.CC.CC.CC(C)CC(=O)CC1NCCC1C.O=CO. The summed E-state index contributed by atoms with van der Waals surface area (Å²) in [7, 11) is 0. The maximum Gasteiger partial charge on any atom is 0.290 e. The molecule has 1 aliphatic rings. The third kappa shape index (κ3) is 31.1. The van der Waals surface area contributed by atoms with Crippen LogP contribution in [0.5, 0.6) is 0 Å². The van der Waals surface area contributed by atoms with Gasteiger partial charge in [-0.25, -0.2) is 0 Å². The van der Waals surface area contributed by atoms with E-state index in [0.717, 1.165) is 19.4 Å². The standard InChI is InChI=1S/C11H21NO.C3H7N.2C2H6.CH2O2.CH4/c1-8(2)6-10(13)7-11-9(3)4-5-12-11;1-2-3-4;2*1-2;2-1-3;/h8-9,11-12H,4-7H2,1-3H3;2H,1,3-4H2;2*1-2H3;1H,(H,2,3);1H4. The molecule has 4 N–H and O–H groups in total. The van der Waals surface area contributed by atoms with Gasteiger partial charge in [-0.3, -0.25) is 9.59 Å². The molecule has 0 aliphatic carbocycles. The minimum atomic E-state index is -0.250. The van der Waals surface area contributed by atoms with E-state index in [1.807, 2.05) is 27.7 Å². The van der Waals surface area contributed by atoms with E-state index in [2.05, 4.69) is 32.7 Å². The van der Waals surface area contributed by atoms with Crippen LogP contribution in [0.4, 0.5) is 0 Å². The Labute approximate surface area is 157 Å². The van der Waals surface area contributed by atoms with Crippen LogP contribution < -0.4 is 11.1 Å². The van der Waals surface area contributed by atoms with Crippen molar-refractivity contribution in [3.63, 3.8) is 0 Å². The fourth-order valence-electron chi connectivity index (χ4n) is 1.96. The Kier molecular flexibility index (Phi) is 42.9. The second-order valence-corrected chi connectivity index (χ2v) is 5.30. The number of carbonyl (C=O) groups is 2. The van der Waals surface area contributed by atoms with Crippen molar-refractivity contribution in [2.45, 2.75) is 81.2 Å². The Morgan fingerprint density at radius 3 is 1.96 bits per heavy atom. The van der Waals surface area contributed by atoms with Gasteiger partial charge in [0.05, 0.1) is 0 Å². The number of hydrogen-bond donors (Lipinski definition) is 3. The Hall–Kier alpha value is -1.20. The van der Waals surface area contributed by atoms with E-state index in [0.29, 0.717) is 30.2 Å². The Morgan fingerprint density at radius 2 is 1.72 bits per heavy atom. The normalized spacial score (nSPS) is 16.7. The highest BCUT2D eigenvalue weighted by molar-refractivity contribution is 5.79. The molecule has 0 amide bonds. The number of carbonyl (C=O) groups excluding carboxylic acids is 1. The fraction of sp³-hybridized carbons (Fsp3) is 0.800. The van der Waals surface area contributed by atoms with Crippen LogP contribution in [0.25, 0.3) is 0 Å². The highest BCUT2D eigenvalue weighted by Crippen LogP contribution is 2.18. The molecule has 154 valence electrons. The third-order valence-corrected chi connectivity index (χ3v) is 2.94. The van der Waals surface area contributed by atoms with Gasteiger partial charge in [-0.05, 0) is 24.8 Å². The molecule has 5 heteroatoms. The molecule has 0 aromatic heterocycles. The molecule has 5 nitrogen and oxygen atoms in total. The predicted octanol–water partition coefficient (Wildman–Crippen LogP) is 4.51. The summed E-state index contributed by atoms with van der Waals surface area (Å²) < 4.78 is 0. The smallest absolute Gasteiger partial charge is 0.290 e. The minimum absolute atomic E-state index is 0. The molecular weight excluding hydrogens is 316 g/mol. The van der Waals surface area contributed by atoms with Crippen LogP contribution in [-0.2, 0) is 9.59 Å². The van der Waals surface area contributed by atoms with Gasteiger partial charge < -0.3 is 16.2 Å². The molecule has 2 atom stereocenters. The number of Topliss-reactive ketones (excluding diaryl/α,β-unsaturated/α-hetero) is 1. The van der Waals surface area contributed by atoms with Crippen molar-refractivity contribution in [3.05, 3.63) is 12.7 Å². The molecule has 1 aliphatic heterocycles. The van der Waals surface area contributed by atoms with E-state index in [-0.39, 0.29) is 13.9 Å². The highest BCUT2D eigenvalue weighted by atomic mass is 16.3. The quantitative estimate of drug-likeness (QED) is 0.494. The van der Waals surface area contributed by atoms with Crippen LogP contribution in [0.3, 0.4) is 0 Å². The van der Waals surface area contributed by atoms with Crippen molar-refractivity contribution in [2.24, 2.45) is 17.6 Å². The largest absolute Gasteiger partial charge is 0.483 e. The predicted molar refractivity (Wildman–Crippen MR) is 112 cm³/mol. The van der Waals surface area contributed by atoms with Gasteiger partial charge in [0, 0.05) is 25.4 Å². The van der Waals surface area contributed by atoms with Crippen LogP contribution in [0.15, 0.2) is 12.7 Å². The molecule has 0 aromatic carbocycles. The zero-order chi connectivity index (χ0) is 20.0. The Morgan fingerprint density at radius 1 is 1.32 bits per heavy atom. The molecule has 0 saturated carbocycles. The van der Waals surface area contributed by atoms with Crippen LogP contribution >= 0.6 is 0 Å². The molecule has 1 fully saturated rings. The molecular formula is C20H46N2O3. The van der Waals surface area contributed by atoms with Crippen molar-refractivity contribution < 1.29 is 14.7 Å². The van der Waals surface area contributed by atoms with Gasteiger partial charge in [0.2, 0.25) is 0 Å². The first-order valence-electron chi connectivity index (χ1n) is 9.06. The molecule has 0 spiro atoms. The second kappa shape index (κ2) is 30.7. The molecule has 1 saturated heterocycles. The topological polar surface area (TPSA) is 92.4 Å². The lowest BCUT2D eigenvalue weighted by Crippen LogP contribution is -2.28. The molecule has 1 heterocycles. The number of nitrogens with one attached hydrogen (secondary N) is 1. The molecule has 0 aromatic rings. The van der Waals surface area contributed by atoms with Gasteiger partial charge >= 0.3 is 0 Å². The van der Waals surface area contributed by atoms with Gasteiger partial charge in [-0.15, -0.1) is 6.58 Å². The van der Waals surface area contributed by atoms with Gasteiger partial charge in [0.1, 0.15) is 5.78 Å². The van der Waals surface area contributed by atoms with Gasteiger partial charge in [-0.1, -0.05) is 62.0 Å². The lowest BCUT2D eigenvalue weighted by atomic mass is 9.95. The summed E-state index contributed by atoms with van der Waals surface area (Å²) in [5.41, 5.74) is 4.91. The van der Waals surface area contributed by atoms with Gasteiger partial charge in [-0.2, -0.15) is 0 Å². The Bertz CT molecular complexity index is 270. The minimum Gasteiger partial charge on any atom is -0.483 e. The van der Waals surface area contributed by atoms with Crippen molar-refractivity contribution in [2.75, 3.05) is 13.1 Å². The summed E-state index contributed by atoms with van der Waals surface area (Å²) in [6.07, 6.45) is 4.35. The first-order valence-corrected chi connectivity index (χ1v) is 9.06. The molecule has 25 heavy (non-hydrogen) atoms. The first-order chi connectivity index (χ1) is 11.4. The summed E-state index contributed by atoms with van der Waals surface area (Å²) >= 11 is 0. The summed E-state index contributed by atoms with van der Waals surface area (Å²) in [5.74, 6) is 1.60. The number of carboxylic acid groups (broad SMARTS) is 1. The number of hydrogen-bond acceptors (Lipinski definition) is 4. The third-order valence-electron chi connectivity index (χ3n) is 2.94. The summed E-state index contributed by atoms with van der Waals surface area (Å²) in [5, 5.41) is 10.3. The number of rotatable bonds is 5. The van der Waals surface area contributed by atoms with Crippen LogP contribution in [-0.4, -0.2) is 36.5 Å². The van der Waals surface area contributed by atoms with Gasteiger partial charge in [0.15, 0.2) is 0 Å². The lowest BCUT2D eigenvalue weighted by Gasteiger charge is -2.15. The molecule has 0 bridgehead atoms. The van der Waals surface area contributed by atoms with E-state index in [9.17, 15) is 4.79 Å².